The number of nitrogens with zero attached hydrogens (tertiary/aromatic N) is 3. The molecule has 0 spiro atoms. The minimum absolute atomic E-state index is 0.202. The number of para-hydroxylation sites is 1. The van der Waals surface area contributed by atoms with Crippen molar-refractivity contribution in [2.45, 2.75) is 13.8 Å². The van der Waals surface area contributed by atoms with Crippen molar-refractivity contribution in [1.82, 2.24) is 15.0 Å². The van der Waals surface area contributed by atoms with Crippen LogP contribution in [0.25, 0.3) is 16.7 Å². The lowest BCUT2D eigenvalue weighted by Crippen LogP contribution is -2.05. The normalized spacial score (nSPS) is 10.9. The molecule has 0 fully saturated rings. The number of aromatic nitrogens is 3. The van der Waals surface area contributed by atoms with Gasteiger partial charge in [0, 0.05) is 0 Å². The van der Waals surface area contributed by atoms with Crippen molar-refractivity contribution in [1.29, 1.82) is 0 Å². The highest BCUT2D eigenvalue weighted by molar-refractivity contribution is 6.01. The van der Waals surface area contributed by atoms with Gasteiger partial charge in [0.2, 0.25) is 0 Å². The molecule has 20 heavy (non-hydrogen) atoms. The summed E-state index contributed by atoms with van der Waals surface area (Å²) in [5.41, 5.74) is 4.25. The highest BCUT2D eigenvalue weighted by Crippen LogP contribution is 2.23. The predicted molar refractivity (Wildman–Crippen MR) is 75.3 cm³/mol. The molecule has 0 aliphatic carbocycles. The summed E-state index contributed by atoms with van der Waals surface area (Å²) in [6.45, 7) is 3.95. The third kappa shape index (κ3) is 1.84. The summed E-state index contributed by atoms with van der Waals surface area (Å²) in [4.78, 5) is 11.4. The summed E-state index contributed by atoms with van der Waals surface area (Å²) in [6, 6.07) is 11.0. The van der Waals surface area contributed by atoms with Crippen LogP contribution in [0.4, 0.5) is 0 Å². The monoisotopic (exact) mass is 267 g/mol. The summed E-state index contributed by atoms with van der Waals surface area (Å²) in [5, 5.41) is 17.5. The number of rotatable bonds is 2. The molecule has 0 saturated carbocycles. The minimum atomic E-state index is -0.982. The number of carbonyl (C=O) groups is 1. The van der Waals surface area contributed by atoms with Crippen LogP contribution in [0.15, 0.2) is 36.4 Å². The first-order valence-electron chi connectivity index (χ1n) is 6.23. The fraction of sp³-hybridized carbons (Fsp3) is 0.133. The molecule has 0 saturated heterocycles. The highest BCUT2D eigenvalue weighted by Gasteiger charge is 2.16. The molecule has 0 atom stereocenters. The van der Waals surface area contributed by atoms with Crippen LogP contribution in [-0.2, 0) is 0 Å². The van der Waals surface area contributed by atoms with E-state index in [4.69, 9.17) is 0 Å². The number of aromatic carboxylic acids is 1. The number of fused-ring (bicyclic) bond motifs is 1. The van der Waals surface area contributed by atoms with Gasteiger partial charge in [0.1, 0.15) is 11.0 Å². The quantitative estimate of drug-likeness (QED) is 0.775. The van der Waals surface area contributed by atoms with E-state index in [1.54, 1.807) is 22.9 Å². The Morgan fingerprint density at radius 3 is 2.75 bits per heavy atom. The standard InChI is InChI=1S/C15H13N3O2/c1-9-6-7-10(2)13(8-9)18-14-11(15(19)20)4-3-5-12(14)16-17-18/h3-8H,1-2H3,(H,19,20). The van der Waals surface area contributed by atoms with Crippen LogP contribution in [0.3, 0.4) is 0 Å². The van der Waals surface area contributed by atoms with E-state index in [1.807, 2.05) is 32.0 Å². The smallest absolute Gasteiger partial charge is 0.337 e. The van der Waals surface area contributed by atoms with Gasteiger partial charge in [-0.1, -0.05) is 23.4 Å². The van der Waals surface area contributed by atoms with E-state index in [0.29, 0.717) is 11.0 Å². The van der Waals surface area contributed by atoms with Crippen LogP contribution in [-0.4, -0.2) is 26.1 Å². The Hall–Kier alpha value is -2.69. The number of hydrogen-bond acceptors (Lipinski definition) is 3. The zero-order valence-electron chi connectivity index (χ0n) is 11.2. The SMILES string of the molecule is Cc1ccc(C)c(-n2nnc3cccc(C(=O)O)c32)c1. The van der Waals surface area contributed by atoms with Crippen LogP contribution in [0.1, 0.15) is 21.5 Å². The molecule has 0 radical (unpaired) electrons. The molecule has 2 aromatic carbocycles. The van der Waals surface area contributed by atoms with E-state index in [0.717, 1.165) is 16.8 Å². The number of aryl methyl sites for hydroxylation is 2. The van der Waals surface area contributed by atoms with Crippen molar-refractivity contribution in [2.24, 2.45) is 0 Å². The maximum Gasteiger partial charge on any atom is 0.337 e. The van der Waals surface area contributed by atoms with E-state index in [1.165, 1.54) is 0 Å². The number of benzene rings is 2. The zero-order valence-corrected chi connectivity index (χ0v) is 11.2. The molecule has 0 aliphatic rings. The van der Waals surface area contributed by atoms with E-state index < -0.39 is 5.97 Å². The minimum Gasteiger partial charge on any atom is -0.478 e. The van der Waals surface area contributed by atoms with Gasteiger partial charge in [-0.2, -0.15) is 0 Å². The topological polar surface area (TPSA) is 68.0 Å². The molecule has 1 aromatic heterocycles. The first-order valence-corrected chi connectivity index (χ1v) is 6.23. The maximum atomic E-state index is 11.4. The lowest BCUT2D eigenvalue weighted by Gasteiger charge is -2.08. The van der Waals surface area contributed by atoms with Gasteiger partial charge in [-0.15, -0.1) is 5.10 Å². The van der Waals surface area contributed by atoms with E-state index in [2.05, 4.69) is 10.3 Å². The Labute approximate surface area is 115 Å². The third-order valence-electron chi connectivity index (χ3n) is 3.29. The van der Waals surface area contributed by atoms with Gasteiger partial charge in [-0.05, 0) is 43.2 Å². The summed E-state index contributed by atoms with van der Waals surface area (Å²) < 4.78 is 1.60. The number of carboxylic acids is 1. The first kappa shape index (κ1) is 12.3. The largest absolute Gasteiger partial charge is 0.478 e. The lowest BCUT2D eigenvalue weighted by atomic mass is 10.1. The van der Waals surface area contributed by atoms with E-state index >= 15 is 0 Å². The van der Waals surface area contributed by atoms with Gasteiger partial charge < -0.3 is 5.11 Å². The van der Waals surface area contributed by atoms with Gasteiger partial charge in [0.15, 0.2) is 0 Å². The van der Waals surface area contributed by atoms with Gasteiger partial charge in [-0.3, -0.25) is 0 Å². The van der Waals surface area contributed by atoms with Crippen molar-refractivity contribution < 1.29 is 9.90 Å². The molecule has 3 rings (SSSR count). The van der Waals surface area contributed by atoms with Crippen LogP contribution in [0, 0.1) is 13.8 Å². The first-order chi connectivity index (χ1) is 9.58. The molecular weight excluding hydrogens is 254 g/mol. The molecule has 5 nitrogen and oxygen atoms in total. The maximum absolute atomic E-state index is 11.4. The molecule has 0 bridgehead atoms. The average Bonchev–Trinajstić information content (AvgIpc) is 2.85. The fourth-order valence-corrected chi connectivity index (χ4v) is 2.26. The second-order valence-electron chi connectivity index (χ2n) is 4.77. The Kier molecular flexibility index (Phi) is 2.75. The molecule has 100 valence electrons. The van der Waals surface area contributed by atoms with E-state index in [-0.39, 0.29) is 5.56 Å². The average molecular weight is 267 g/mol. The molecule has 0 amide bonds. The lowest BCUT2D eigenvalue weighted by molar-refractivity contribution is 0.0698. The zero-order chi connectivity index (χ0) is 14.3. The molecule has 1 N–H and O–H groups in total. The third-order valence-corrected chi connectivity index (χ3v) is 3.29. The Morgan fingerprint density at radius 2 is 2.00 bits per heavy atom. The van der Waals surface area contributed by atoms with Gasteiger partial charge in [-0.25, -0.2) is 9.48 Å². The summed E-state index contributed by atoms with van der Waals surface area (Å²) >= 11 is 0. The molecule has 3 aromatic rings. The van der Waals surface area contributed by atoms with Crippen LogP contribution in [0.5, 0.6) is 0 Å². The van der Waals surface area contributed by atoms with Gasteiger partial charge >= 0.3 is 5.97 Å². The van der Waals surface area contributed by atoms with E-state index in [9.17, 15) is 9.90 Å². The molecule has 1 heterocycles. The molecule has 5 heteroatoms. The molecule has 0 aliphatic heterocycles. The second-order valence-corrected chi connectivity index (χ2v) is 4.77. The summed E-state index contributed by atoms with van der Waals surface area (Å²) in [7, 11) is 0. The van der Waals surface area contributed by atoms with Crippen molar-refractivity contribution in [3.8, 4) is 5.69 Å². The number of hydrogen-bond donors (Lipinski definition) is 1. The summed E-state index contributed by atoms with van der Waals surface area (Å²) in [5.74, 6) is -0.982. The van der Waals surface area contributed by atoms with Crippen LogP contribution >= 0.6 is 0 Å². The van der Waals surface area contributed by atoms with Crippen molar-refractivity contribution in [2.75, 3.05) is 0 Å². The molecule has 0 unspecified atom stereocenters. The van der Waals surface area contributed by atoms with Gasteiger partial charge in [0.05, 0.1) is 11.3 Å². The van der Waals surface area contributed by atoms with Crippen LogP contribution in [0.2, 0.25) is 0 Å². The van der Waals surface area contributed by atoms with Crippen molar-refractivity contribution in [3.05, 3.63) is 53.1 Å². The van der Waals surface area contributed by atoms with Crippen molar-refractivity contribution in [3.63, 3.8) is 0 Å². The Balaban J connectivity index is 2.37. The second kappa shape index (κ2) is 4.45. The highest BCUT2D eigenvalue weighted by atomic mass is 16.4. The fourth-order valence-electron chi connectivity index (χ4n) is 2.26. The Morgan fingerprint density at radius 1 is 1.20 bits per heavy atom. The predicted octanol–water partition coefficient (Wildman–Crippen LogP) is 2.74. The summed E-state index contributed by atoms with van der Waals surface area (Å²) in [6.07, 6.45) is 0. The van der Waals surface area contributed by atoms with Crippen LogP contribution < -0.4 is 0 Å². The Bertz CT molecular complexity index is 821. The molecular formula is C15H13N3O2. The van der Waals surface area contributed by atoms with Gasteiger partial charge in [0.25, 0.3) is 0 Å². The number of carboxylic acid groups (broad SMARTS) is 1. The van der Waals surface area contributed by atoms with Crippen molar-refractivity contribution >= 4 is 17.0 Å².